The van der Waals surface area contributed by atoms with E-state index in [4.69, 9.17) is 27.9 Å². The zero-order valence-corrected chi connectivity index (χ0v) is 13.3. The highest BCUT2D eigenvalue weighted by atomic mass is 35.5. The van der Waals surface area contributed by atoms with Crippen molar-refractivity contribution < 1.29 is 14.9 Å². The van der Waals surface area contributed by atoms with E-state index in [0.29, 0.717) is 21.5 Å². The average molecular weight is 345 g/mol. The first-order valence-corrected chi connectivity index (χ1v) is 7.97. The summed E-state index contributed by atoms with van der Waals surface area (Å²) in [7, 11) is 0. The molecular formula is C15H14Cl2O3S. The minimum absolute atomic E-state index is 0.117. The number of aliphatic hydroxyl groups excluding tert-OH is 1. The third-order valence-electron chi connectivity index (χ3n) is 2.61. The van der Waals surface area contributed by atoms with Crippen LogP contribution in [-0.2, 0) is 0 Å². The fourth-order valence-corrected chi connectivity index (χ4v) is 2.80. The molecule has 0 saturated carbocycles. The Kier molecular flexibility index (Phi) is 6.06. The number of halogens is 2. The lowest BCUT2D eigenvalue weighted by Crippen LogP contribution is -2.20. The number of thioether (sulfide) groups is 1. The molecule has 2 N–H and O–H groups in total. The standard InChI is InChI=1S/C15H14Cl2O3S/c16-13-5-2-6-14(15(13)17)20-8-11(19)9-21-12-4-1-3-10(18)7-12/h1-7,11,18-19H,8-9H2. The molecule has 0 amide bonds. The van der Waals surface area contributed by atoms with Crippen molar-refractivity contribution in [2.75, 3.05) is 12.4 Å². The number of phenols is 1. The highest BCUT2D eigenvalue weighted by Crippen LogP contribution is 2.31. The summed E-state index contributed by atoms with van der Waals surface area (Å²) in [6.07, 6.45) is -0.660. The normalized spacial score (nSPS) is 12.1. The van der Waals surface area contributed by atoms with Crippen molar-refractivity contribution in [3.05, 3.63) is 52.5 Å². The lowest BCUT2D eigenvalue weighted by atomic mass is 10.3. The smallest absolute Gasteiger partial charge is 0.139 e. The largest absolute Gasteiger partial charge is 0.508 e. The van der Waals surface area contributed by atoms with E-state index in [1.54, 1.807) is 36.4 Å². The second-order valence-electron chi connectivity index (χ2n) is 4.33. The Bertz CT molecular complexity index is 607. The van der Waals surface area contributed by atoms with Crippen molar-refractivity contribution in [1.82, 2.24) is 0 Å². The Morgan fingerprint density at radius 3 is 2.67 bits per heavy atom. The van der Waals surface area contributed by atoms with Gasteiger partial charge in [-0.3, -0.25) is 0 Å². The quantitative estimate of drug-likeness (QED) is 0.770. The third kappa shape index (κ3) is 5.00. The molecule has 0 fully saturated rings. The summed E-state index contributed by atoms with van der Waals surface area (Å²) in [6.45, 7) is 0.117. The topological polar surface area (TPSA) is 49.7 Å². The number of aromatic hydroxyl groups is 1. The van der Waals surface area contributed by atoms with Crippen LogP contribution in [0, 0.1) is 0 Å². The summed E-state index contributed by atoms with van der Waals surface area (Å²) in [6, 6.07) is 12.0. The highest BCUT2D eigenvalue weighted by molar-refractivity contribution is 7.99. The maximum absolute atomic E-state index is 9.92. The first-order chi connectivity index (χ1) is 10.1. The SMILES string of the molecule is Oc1cccc(SCC(O)COc2cccc(Cl)c2Cl)c1. The van der Waals surface area contributed by atoms with Crippen LogP contribution in [0.25, 0.3) is 0 Å². The number of hydrogen-bond donors (Lipinski definition) is 2. The van der Waals surface area contributed by atoms with Crippen LogP contribution in [0.5, 0.6) is 11.5 Å². The first kappa shape index (κ1) is 16.3. The van der Waals surface area contributed by atoms with Gasteiger partial charge in [0.2, 0.25) is 0 Å². The molecule has 3 nitrogen and oxygen atoms in total. The summed E-state index contributed by atoms with van der Waals surface area (Å²) < 4.78 is 5.46. The minimum Gasteiger partial charge on any atom is -0.508 e. The molecule has 6 heteroatoms. The van der Waals surface area contributed by atoms with Gasteiger partial charge >= 0.3 is 0 Å². The van der Waals surface area contributed by atoms with Crippen LogP contribution in [0.3, 0.4) is 0 Å². The minimum atomic E-state index is -0.660. The van der Waals surface area contributed by atoms with Gasteiger partial charge in [0.05, 0.1) is 11.1 Å². The fourth-order valence-electron chi connectivity index (χ4n) is 1.60. The molecule has 0 aliphatic heterocycles. The van der Waals surface area contributed by atoms with Crippen LogP contribution in [0.15, 0.2) is 47.4 Å². The van der Waals surface area contributed by atoms with E-state index in [1.165, 1.54) is 11.8 Å². The summed E-state index contributed by atoms with van der Waals surface area (Å²) in [5, 5.41) is 20.0. The molecule has 0 aliphatic carbocycles. The van der Waals surface area contributed by atoms with Crippen molar-refractivity contribution in [3.63, 3.8) is 0 Å². The van der Waals surface area contributed by atoms with Crippen LogP contribution in [0.2, 0.25) is 10.0 Å². The maximum Gasteiger partial charge on any atom is 0.139 e. The Morgan fingerprint density at radius 2 is 1.90 bits per heavy atom. The zero-order chi connectivity index (χ0) is 15.2. The number of phenolic OH excluding ortho intramolecular Hbond substituents is 1. The average Bonchev–Trinajstić information content (AvgIpc) is 2.47. The van der Waals surface area contributed by atoms with Crippen molar-refractivity contribution >= 4 is 35.0 Å². The molecule has 112 valence electrons. The molecule has 0 bridgehead atoms. The Balaban J connectivity index is 1.82. The van der Waals surface area contributed by atoms with Crippen LogP contribution < -0.4 is 4.74 Å². The number of rotatable bonds is 6. The molecule has 21 heavy (non-hydrogen) atoms. The van der Waals surface area contributed by atoms with Gasteiger partial charge in [-0.25, -0.2) is 0 Å². The highest BCUT2D eigenvalue weighted by Gasteiger charge is 2.10. The molecule has 2 aromatic rings. The van der Waals surface area contributed by atoms with E-state index in [2.05, 4.69) is 0 Å². The van der Waals surface area contributed by atoms with Gasteiger partial charge in [-0.1, -0.05) is 35.3 Å². The Morgan fingerprint density at radius 1 is 1.14 bits per heavy atom. The van der Waals surface area contributed by atoms with E-state index < -0.39 is 6.10 Å². The van der Waals surface area contributed by atoms with Crippen LogP contribution in [0.4, 0.5) is 0 Å². The van der Waals surface area contributed by atoms with E-state index >= 15 is 0 Å². The van der Waals surface area contributed by atoms with E-state index in [0.717, 1.165) is 4.90 Å². The molecule has 0 aliphatic rings. The summed E-state index contributed by atoms with van der Waals surface area (Å²) in [5.41, 5.74) is 0. The van der Waals surface area contributed by atoms with E-state index in [1.807, 2.05) is 6.07 Å². The van der Waals surface area contributed by atoms with Gasteiger partial charge in [-0.2, -0.15) is 0 Å². The molecule has 0 aromatic heterocycles. The summed E-state index contributed by atoms with van der Waals surface area (Å²) in [4.78, 5) is 0.884. The van der Waals surface area contributed by atoms with E-state index in [-0.39, 0.29) is 12.4 Å². The molecular weight excluding hydrogens is 331 g/mol. The van der Waals surface area contributed by atoms with Gasteiger partial charge in [0, 0.05) is 10.6 Å². The number of ether oxygens (including phenoxy) is 1. The number of benzene rings is 2. The lowest BCUT2D eigenvalue weighted by molar-refractivity contribution is 0.126. The van der Waals surface area contributed by atoms with Crippen LogP contribution in [-0.4, -0.2) is 28.7 Å². The van der Waals surface area contributed by atoms with Crippen LogP contribution in [0.1, 0.15) is 0 Å². The molecule has 2 aromatic carbocycles. The number of hydrogen-bond acceptors (Lipinski definition) is 4. The first-order valence-electron chi connectivity index (χ1n) is 6.23. The van der Waals surface area contributed by atoms with Gasteiger partial charge in [0.25, 0.3) is 0 Å². The van der Waals surface area contributed by atoms with Crippen LogP contribution >= 0.6 is 35.0 Å². The van der Waals surface area contributed by atoms with Gasteiger partial charge < -0.3 is 14.9 Å². The second kappa shape index (κ2) is 7.80. The molecule has 2 rings (SSSR count). The predicted octanol–water partition coefficient (Wildman–Crippen LogP) is 4.23. The van der Waals surface area contributed by atoms with Gasteiger partial charge in [0.1, 0.15) is 23.1 Å². The summed E-state index contributed by atoms with van der Waals surface area (Å²) in [5.74, 6) is 1.10. The van der Waals surface area contributed by atoms with Gasteiger partial charge in [-0.15, -0.1) is 11.8 Å². The van der Waals surface area contributed by atoms with Crippen molar-refractivity contribution in [2.24, 2.45) is 0 Å². The third-order valence-corrected chi connectivity index (χ3v) is 4.55. The van der Waals surface area contributed by atoms with Gasteiger partial charge in [-0.05, 0) is 30.3 Å². The lowest BCUT2D eigenvalue weighted by Gasteiger charge is -2.13. The molecule has 0 spiro atoms. The predicted molar refractivity (Wildman–Crippen MR) is 86.8 cm³/mol. The molecule has 0 heterocycles. The van der Waals surface area contributed by atoms with Gasteiger partial charge in [0.15, 0.2) is 0 Å². The molecule has 0 saturated heterocycles. The zero-order valence-electron chi connectivity index (χ0n) is 11.0. The maximum atomic E-state index is 9.92. The van der Waals surface area contributed by atoms with Crippen molar-refractivity contribution in [1.29, 1.82) is 0 Å². The molecule has 0 radical (unpaired) electrons. The summed E-state index contributed by atoms with van der Waals surface area (Å²) >= 11 is 13.3. The van der Waals surface area contributed by atoms with E-state index in [9.17, 15) is 10.2 Å². The number of aliphatic hydroxyl groups is 1. The molecule has 1 atom stereocenters. The van der Waals surface area contributed by atoms with Crippen molar-refractivity contribution in [2.45, 2.75) is 11.0 Å². The Hall–Kier alpha value is -1.07. The molecule has 1 unspecified atom stereocenters. The monoisotopic (exact) mass is 344 g/mol. The Labute approximate surface area is 137 Å². The fraction of sp³-hybridized carbons (Fsp3) is 0.200. The second-order valence-corrected chi connectivity index (χ2v) is 6.20. The van der Waals surface area contributed by atoms with Crippen molar-refractivity contribution in [3.8, 4) is 11.5 Å².